The van der Waals surface area contributed by atoms with E-state index < -0.39 is 0 Å². The number of nitrogens with two attached hydrogens (primary N) is 1. The van der Waals surface area contributed by atoms with Crippen LogP contribution in [-0.4, -0.2) is 12.0 Å². The minimum Gasteiger partial charge on any atom is -0.354 e. The highest BCUT2D eigenvalue weighted by molar-refractivity contribution is 7.09. The summed E-state index contributed by atoms with van der Waals surface area (Å²) in [6.07, 6.45) is 1.80. The molecule has 0 aliphatic heterocycles. The van der Waals surface area contributed by atoms with E-state index in [9.17, 15) is 0 Å². The largest absolute Gasteiger partial charge is 0.354 e. The molecule has 2 aromatic rings. The number of aromatic nitrogens is 1. The van der Waals surface area contributed by atoms with E-state index in [2.05, 4.69) is 27.4 Å². The Labute approximate surface area is 99.5 Å². The Hall–Kier alpha value is -1.39. The molecule has 0 aliphatic carbocycles. The molecular formula is C12H15N3S. The lowest BCUT2D eigenvalue weighted by atomic mass is 10.2. The quantitative estimate of drug-likeness (QED) is 0.880. The molecule has 0 amide bonds. The van der Waals surface area contributed by atoms with E-state index in [-0.39, 0.29) is 0 Å². The monoisotopic (exact) mass is 233 g/mol. The average molecular weight is 233 g/mol. The highest BCUT2D eigenvalue weighted by Crippen LogP contribution is 2.19. The van der Waals surface area contributed by atoms with Crippen molar-refractivity contribution in [2.75, 3.05) is 11.9 Å². The van der Waals surface area contributed by atoms with Crippen molar-refractivity contribution in [2.45, 2.75) is 13.1 Å². The van der Waals surface area contributed by atoms with Crippen molar-refractivity contribution in [3.8, 4) is 0 Å². The fourth-order valence-corrected chi connectivity index (χ4v) is 2.40. The molecule has 0 saturated heterocycles. The summed E-state index contributed by atoms with van der Waals surface area (Å²) in [5.74, 6) is 0.971. The van der Waals surface area contributed by atoms with Gasteiger partial charge in [-0.1, -0.05) is 12.1 Å². The van der Waals surface area contributed by atoms with Gasteiger partial charge in [-0.25, -0.2) is 4.98 Å². The Bertz CT molecular complexity index is 439. The number of anilines is 1. The summed E-state index contributed by atoms with van der Waals surface area (Å²) in [7, 11) is 2.04. The number of nitrogens with zero attached hydrogens (tertiary/aromatic N) is 2. The molecule has 2 heterocycles. The first-order valence-corrected chi connectivity index (χ1v) is 6.06. The predicted molar refractivity (Wildman–Crippen MR) is 68.6 cm³/mol. The van der Waals surface area contributed by atoms with Crippen LogP contribution in [0.15, 0.2) is 35.8 Å². The summed E-state index contributed by atoms with van der Waals surface area (Å²) in [5, 5.41) is 2.09. The van der Waals surface area contributed by atoms with Crippen LogP contribution in [0.4, 0.5) is 5.82 Å². The predicted octanol–water partition coefficient (Wildman–Crippen LogP) is 2.24. The normalized spacial score (nSPS) is 10.4. The van der Waals surface area contributed by atoms with E-state index in [1.165, 1.54) is 4.88 Å². The Balaban J connectivity index is 2.17. The average Bonchev–Trinajstić information content (AvgIpc) is 2.81. The number of hydrogen-bond acceptors (Lipinski definition) is 4. The van der Waals surface area contributed by atoms with Crippen molar-refractivity contribution in [2.24, 2.45) is 5.73 Å². The zero-order chi connectivity index (χ0) is 11.4. The molecule has 0 atom stereocenters. The lowest BCUT2D eigenvalue weighted by molar-refractivity contribution is 0.888. The molecule has 2 aromatic heterocycles. The Morgan fingerprint density at radius 1 is 1.38 bits per heavy atom. The fraction of sp³-hybridized carbons (Fsp3) is 0.250. The first-order chi connectivity index (χ1) is 7.81. The van der Waals surface area contributed by atoms with E-state index in [0.717, 1.165) is 17.9 Å². The number of pyridine rings is 1. The van der Waals surface area contributed by atoms with Gasteiger partial charge in [-0.15, -0.1) is 11.3 Å². The first kappa shape index (κ1) is 11.1. The van der Waals surface area contributed by atoms with Crippen LogP contribution < -0.4 is 10.6 Å². The molecule has 0 fully saturated rings. The first-order valence-electron chi connectivity index (χ1n) is 5.18. The van der Waals surface area contributed by atoms with Gasteiger partial charge in [-0.2, -0.15) is 0 Å². The van der Waals surface area contributed by atoms with Gasteiger partial charge in [0.25, 0.3) is 0 Å². The van der Waals surface area contributed by atoms with Crippen LogP contribution in [0.1, 0.15) is 10.4 Å². The summed E-state index contributed by atoms with van der Waals surface area (Å²) in [6.45, 7) is 1.40. The lowest BCUT2D eigenvalue weighted by Crippen LogP contribution is -2.19. The van der Waals surface area contributed by atoms with Crippen molar-refractivity contribution < 1.29 is 0 Å². The molecule has 0 radical (unpaired) electrons. The summed E-state index contributed by atoms with van der Waals surface area (Å²) >= 11 is 1.76. The smallest absolute Gasteiger partial charge is 0.133 e. The third-order valence-corrected chi connectivity index (χ3v) is 3.28. The number of hydrogen-bond donors (Lipinski definition) is 1. The van der Waals surface area contributed by atoms with Crippen molar-refractivity contribution in [3.05, 3.63) is 46.3 Å². The van der Waals surface area contributed by atoms with Crippen LogP contribution in [0.5, 0.6) is 0 Å². The molecule has 2 N–H and O–H groups in total. The van der Waals surface area contributed by atoms with E-state index in [1.54, 1.807) is 17.5 Å². The second kappa shape index (κ2) is 5.09. The van der Waals surface area contributed by atoms with Crippen LogP contribution in [0.25, 0.3) is 0 Å². The van der Waals surface area contributed by atoms with Crippen molar-refractivity contribution in [3.63, 3.8) is 0 Å². The SMILES string of the molecule is CN(Cc1cccs1)c1ncccc1CN. The molecule has 2 rings (SSSR count). The van der Waals surface area contributed by atoms with E-state index in [1.807, 2.05) is 19.2 Å². The van der Waals surface area contributed by atoms with Gasteiger partial charge in [0.2, 0.25) is 0 Å². The van der Waals surface area contributed by atoms with E-state index in [0.29, 0.717) is 6.54 Å². The zero-order valence-corrected chi connectivity index (χ0v) is 10.1. The molecule has 84 valence electrons. The Morgan fingerprint density at radius 2 is 2.25 bits per heavy atom. The number of thiophene rings is 1. The van der Waals surface area contributed by atoms with E-state index in [4.69, 9.17) is 5.73 Å². The van der Waals surface area contributed by atoms with E-state index >= 15 is 0 Å². The van der Waals surface area contributed by atoms with Crippen LogP contribution in [0, 0.1) is 0 Å². The minimum atomic E-state index is 0.526. The third-order valence-electron chi connectivity index (χ3n) is 2.42. The highest BCUT2D eigenvalue weighted by Gasteiger charge is 2.08. The maximum atomic E-state index is 5.70. The molecule has 0 spiro atoms. The van der Waals surface area contributed by atoms with Gasteiger partial charge in [-0.05, 0) is 17.5 Å². The van der Waals surface area contributed by atoms with Crippen molar-refractivity contribution in [1.29, 1.82) is 0 Å². The van der Waals surface area contributed by atoms with Crippen LogP contribution in [0.2, 0.25) is 0 Å². The summed E-state index contributed by atoms with van der Waals surface area (Å²) < 4.78 is 0. The summed E-state index contributed by atoms with van der Waals surface area (Å²) in [4.78, 5) is 7.84. The molecule has 0 aliphatic rings. The second-order valence-electron chi connectivity index (χ2n) is 3.63. The minimum absolute atomic E-state index is 0.526. The molecular weight excluding hydrogens is 218 g/mol. The molecule has 0 bridgehead atoms. The lowest BCUT2D eigenvalue weighted by Gasteiger charge is -2.19. The van der Waals surface area contributed by atoms with Crippen LogP contribution in [0.3, 0.4) is 0 Å². The Kier molecular flexibility index (Phi) is 3.54. The standard InChI is InChI=1S/C12H15N3S/c1-15(9-11-5-3-7-16-11)12-10(8-13)4-2-6-14-12/h2-7H,8-9,13H2,1H3. The molecule has 4 heteroatoms. The molecule has 0 aromatic carbocycles. The van der Waals surface area contributed by atoms with Gasteiger partial charge in [0.05, 0.1) is 6.54 Å². The summed E-state index contributed by atoms with van der Waals surface area (Å²) in [5.41, 5.74) is 6.78. The molecule has 0 unspecified atom stereocenters. The molecule has 3 nitrogen and oxygen atoms in total. The van der Waals surface area contributed by atoms with Gasteiger partial charge in [0, 0.05) is 30.2 Å². The van der Waals surface area contributed by atoms with Crippen molar-refractivity contribution >= 4 is 17.2 Å². The fourth-order valence-electron chi connectivity index (χ4n) is 1.64. The highest BCUT2D eigenvalue weighted by atomic mass is 32.1. The van der Waals surface area contributed by atoms with Crippen molar-refractivity contribution in [1.82, 2.24) is 4.98 Å². The van der Waals surface area contributed by atoms with Crippen LogP contribution >= 0.6 is 11.3 Å². The summed E-state index contributed by atoms with van der Waals surface area (Å²) in [6, 6.07) is 8.14. The van der Waals surface area contributed by atoms with Gasteiger partial charge in [0.1, 0.15) is 5.82 Å². The van der Waals surface area contributed by atoms with Crippen LogP contribution in [-0.2, 0) is 13.1 Å². The Morgan fingerprint density at radius 3 is 2.94 bits per heavy atom. The second-order valence-corrected chi connectivity index (χ2v) is 4.66. The van der Waals surface area contributed by atoms with Gasteiger partial charge in [-0.3, -0.25) is 0 Å². The molecule has 16 heavy (non-hydrogen) atoms. The third kappa shape index (κ3) is 2.40. The van der Waals surface area contributed by atoms with Gasteiger partial charge >= 0.3 is 0 Å². The molecule has 0 saturated carbocycles. The number of rotatable bonds is 4. The maximum absolute atomic E-state index is 5.70. The maximum Gasteiger partial charge on any atom is 0.133 e. The zero-order valence-electron chi connectivity index (χ0n) is 9.26. The van der Waals surface area contributed by atoms with Gasteiger partial charge < -0.3 is 10.6 Å². The topological polar surface area (TPSA) is 42.2 Å². The van der Waals surface area contributed by atoms with Gasteiger partial charge in [0.15, 0.2) is 0 Å².